The summed E-state index contributed by atoms with van der Waals surface area (Å²) >= 11 is 0. The highest BCUT2D eigenvalue weighted by Crippen LogP contribution is 2.21. The zero-order valence-electron chi connectivity index (χ0n) is 13.6. The van der Waals surface area contributed by atoms with Crippen molar-refractivity contribution in [3.05, 3.63) is 35.4 Å². The number of piperidine rings is 1. The molecule has 0 N–H and O–H groups in total. The molecule has 0 bridgehead atoms. The molecular weight excluding hydrogens is 306 g/mol. The summed E-state index contributed by atoms with van der Waals surface area (Å²) in [5.74, 6) is -0.0613. The van der Waals surface area contributed by atoms with Crippen molar-refractivity contribution in [3.63, 3.8) is 0 Å². The number of ether oxygens (including phenoxy) is 1. The minimum atomic E-state index is -0.126. The quantitative estimate of drug-likeness (QED) is 0.820. The first kappa shape index (κ1) is 16.5. The lowest BCUT2D eigenvalue weighted by atomic mass is 9.95. The van der Waals surface area contributed by atoms with E-state index < -0.39 is 0 Å². The number of benzene rings is 1. The summed E-state index contributed by atoms with van der Waals surface area (Å²) in [5, 5.41) is 8.84. The fraction of sp³-hybridized carbons (Fsp3) is 0.500. The monoisotopic (exact) mass is 327 g/mol. The second-order valence-corrected chi connectivity index (χ2v) is 6.22. The summed E-state index contributed by atoms with van der Waals surface area (Å²) in [6.45, 7) is 3.59. The van der Waals surface area contributed by atoms with Gasteiger partial charge in [0.2, 0.25) is 5.91 Å². The largest absolute Gasteiger partial charge is 0.378 e. The number of amides is 2. The molecule has 1 atom stereocenters. The van der Waals surface area contributed by atoms with Gasteiger partial charge in [-0.15, -0.1) is 0 Å². The van der Waals surface area contributed by atoms with Gasteiger partial charge in [0.15, 0.2) is 0 Å². The molecule has 2 aliphatic rings. The van der Waals surface area contributed by atoms with Crippen LogP contribution in [-0.4, -0.2) is 61.0 Å². The number of nitrogens with zero attached hydrogens (tertiary/aromatic N) is 3. The Kier molecular flexibility index (Phi) is 5.11. The molecule has 1 aromatic carbocycles. The Morgan fingerprint density at radius 3 is 2.46 bits per heavy atom. The molecule has 0 unspecified atom stereocenters. The molecule has 24 heavy (non-hydrogen) atoms. The predicted molar refractivity (Wildman–Crippen MR) is 87.2 cm³/mol. The summed E-state index contributed by atoms with van der Waals surface area (Å²) in [6.07, 6.45) is 1.66. The maximum absolute atomic E-state index is 12.6. The minimum absolute atomic E-state index is 0.0704. The highest BCUT2D eigenvalue weighted by atomic mass is 16.5. The van der Waals surface area contributed by atoms with Gasteiger partial charge in [0.05, 0.1) is 30.8 Å². The molecule has 0 aromatic heterocycles. The van der Waals surface area contributed by atoms with Gasteiger partial charge in [-0.05, 0) is 37.1 Å². The van der Waals surface area contributed by atoms with Crippen LogP contribution in [0.4, 0.5) is 0 Å². The highest BCUT2D eigenvalue weighted by Gasteiger charge is 2.32. The third kappa shape index (κ3) is 3.57. The molecule has 3 rings (SSSR count). The van der Waals surface area contributed by atoms with Crippen LogP contribution in [0.5, 0.6) is 0 Å². The summed E-state index contributed by atoms with van der Waals surface area (Å²) in [4.78, 5) is 28.9. The third-order valence-corrected chi connectivity index (χ3v) is 4.64. The van der Waals surface area contributed by atoms with E-state index in [1.54, 1.807) is 29.2 Å². The van der Waals surface area contributed by atoms with E-state index in [4.69, 9.17) is 10.00 Å². The van der Waals surface area contributed by atoms with Gasteiger partial charge in [0.1, 0.15) is 0 Å². The van der Waals surface area contributed by atoms with Crippen LogP contribution >= 0.6 is 0 Å². The second-order valence-electron chi connectivity index (χ2n) is 6.22. The van der Waals surface area contributed by atoms with Crippen molar-refractivity contribution in [2.45, 2.75) is 12.8 Å². The van der Waals surface area contributed by atoms with Crippen molar-refractivity contribution >= 4 is 11.8 Å². The van der Waals surface area contributed by atoms with Gasteiger partial charge in [-0.1, -0.05) is 0 Å². The van der Waals surface area contributed by atoms with E-state index in [0.29, 0.717) is 50.5 Å². The predicted octanol–water partition coefficient (Wildman–Crippen LogP) is 1.27. The van der Waals surface area contributed by atoms with E-state index in [1.165, 1.54) is 0 Å². The lowest BCUT2D eigenvalue weighted by Crippen LogP contribution is -2.49. The number of carbonyl (C=O) groups is 2. The molecule has 2 aliphatic heterocycles. The number of rotatable bonds is 2. The van der Waals surface area contributed by atoms with E-state index in [-0.39, 0.29) is 17.7 Å². The van der Waals surface area contributed by atoms with Gasteiger partial charge >= 0.3 is 0 Å². The smallest absolute Gasteiger partial charge is 0.253 e. The van der Waals surface area contributed by atoms with Crippen molar-refractivity contribution in [2.75, 3.05) is 39.4 Å². The van der Waals surface area contributed by atoms with E-state index in [2.05, 4.69) is 0 Å². The maximum atomic E-state index is 12.6. The van der Waals surface area contributed by atoms with Crippen LogP contribution in [0.25, 0.3) is 0 Å². The molecular formula is C18H21N3O3. The molecule has 2 saturated heterocycles. The Morgan fingerprint density at radius 1 is 1.08 bits per heavy atom. The van der Waals surface area contributed by atoms with Gasteiger partial charge in [0, 0.05) is 31.7 Å². The molecule has 2 amide bonds. The molecule has 126 valence electrons. The van der Waals surface area contributed by atoms with Crippen LogP contribution in [0.2, 0.25) is 0 Å². The molecule has 0 spiro atoms. The average Bonchev–Trinajstić information content (AvgIpc) is 2.67. The number of carbonyl (C=O) groups excluding carboxylic acids is 2. The van der Waals surface area contributed by atoms with Crippen LogP contribution in [0.1, 0.15) is 28.8 Å². The normalized spacial score (nSPS) is 21.2. The van der Waals surface area contributed by atoms with Crippen LogP contribution in [0.15, 0.2) is 24.3 Å². The Bertz CT molecular complexity index is 644. The Balaban J connectivity index is 1.64. The zero-order valence-corrected chi connectivity index (χ0v) is 13.6. The highest BCUT2D eigenvalue weighted by molar-refractivity contribution is 5.94. The number of nitriles is 1. The molecule has 0 radical (unpaired) electrons. The van der Waals surface area contributed by atoms with Crippen LogP contribution < -0.4 is 0 Å². The molecule has 2 fully saturated rings. The SMILES string of the molecule is N#Cc1ccc(C(=O)N2CCC[C@H](C(=O)N3CCOCC3)C2)cc1. The molecule has 6 nitrogen and oxygen atoms in total. The molecule has 0 aliphatic carbocycles. The van der Waals surface area contributed by atoms with E-state index >= 15 is 0 Å². The van der Waals surface area contributed by atoms with E-state index in [0.717, 1.165) is 12.8 Å². The van der Waals surface area contributed by atoms with Crippen molar-refractivity contribution in [1.82, 2.24) is 9.80 Å². The van der Waals surface area contributed by atoms with Gasteiger partial charge in [-0.25, -0.2) is 0 Å². The van der Waals surface area contributed by atoms with E-state index in [9.17, 15) is 9.59 Å². The summed E-state index contributed by atoms with van der Waals surface area (Å²) in [6, 6.07) is 8.69. The van der Waals surface area contributed by atoms with Crippen LogP contribution in [-0.2, 0) is 9.53 Å². The molecule has 0 saturated carbocycles. The number of hydrogen-bond donors (Lipinski definition) is 0. The van der Waals surface area contributed by atoms with Gasteiger partial charge in [0.25, 0.3) is 5.91 Å². The van der Waals surface area contributed by atoms with Crippen molar-refractivity contribution < 1.29 is 14.3 Å². The Hall–Kier alpha value is -2.39. The van der Waals surface area contributed by atoms with Crippen molar-refractivity contribution in [1.29, 1.82) is 5.26 Å². The molecule has 2 heterocycles. The van der Waals surface area contributed by atoms with Gasteiger partial charge < -0.3 is 14.5 Å². The zero-order chi connectivity index (χ0) is 16.9. The fourth-order valence-corrected chi connectivity index (χ4v) is 3.28. The number of likely N-dealkylation sites (tertiary alicyclic amines) is 1. The third-order valence-electron chi connectivity index (χ3n) is 4.64. The second kappa shape index (κ2) is 7.45. The van der Waals surface area contributed by atoms with Crippen LogP contribution in [0, 0.1) is 17.2 Å². The number of morpholine rings is 1. The summed E-state index contributed by atoms with van der Waals surface area (Å²) < 4.78 is 5.29. The Labute approximate surface area is 141 Å². The Morgan fingerprint density at radius 2 is 1.79 bits per heavy atom. The van der Waals surface area contributed by atoms with Gasteiger partial charge in [-0.3, -0.25) is 9.59 Å². The maximum Gasteiger partial charge on any atom is 0.253 e. The van der Waals surface area contributed by atoms with Gasteiger partial charge in [-0.2, -0.15) is 5.26 Å². The molecule has 6 heteroatoms. The first-order chi connectivity index (χ1) is 11.7. The van der Waals surface area contributed by atoms with E-state index in [1.807, 2.05) is 11.0 Å². The van der Waals surface area contributed by atoms with Crippen molar-refractivity contribution in [3.8, 4) is 6.07 Å². The minimum Gasteiger partial charge on any atom is -0.378 e. The van der Waals surface area contributed by atoms with Crippen LogP contribution in [0.3, 0.4) is 0 Å². The lowest BCUT2D eigenvalue weighted by molar-refractivity contribution is -0.141. The fourth-order valence-electron chi connectivity index (χ4n) is 3.28. The molecule has 1 aromatic rings. The average molecular weight is 327 g/mol. The first-order valence-electron chi connectivity index (χ1n) is 8.35. The summed E-state index contributed by atoms with van der Waals surface area (Å²) in [7, 11) is 0. The lowest BCUT2D eigenvalue weighted by Gasteiger charge is -2.36. The number of hydrogen-bond acceptors (Lipinski definition) is 4. The topological polar surface area (TPSA) is 73.6 Å². The van der Waals surface area contributed by atoms with Crippen molar-refractivity contribution in [2.24, 2.45) is 5.92 Å². The summed E-state index contributed by atoms with van der Waals surface area (Å²) in [5.41, 5.74) is 1.10. The first-order valence-corrected chi connectivity index (χ1v) is 8.35. The standard InChI is InChI=1S/C18H21N3O3/c19-12-14-3-5-15(6-4-14)17(22)21-7-1-2-16(13-21)18(23)20-8-10-24-11-9-20/h3-6,16H,1-2,7-11,13H2/t16-/m0/s1.